The molecule has 0 aliphatic rings. The van der Waals surface area contributed by atoms with Crippen LogP contribution in [0.5, 0.6) is 5.75 Å². The standard InChI is InChI=1S/C16H15N3OS/c1-11-5-3-4-6-14(11)15-17-18-16(21)19(15)12-7-9-13(20-2)10-8-12/h3-10H,1-2H3,(H,18,21). The maximum absolute atomic E-state index is 5.37. The summed E-state index contributed by atoms with van der Waals surface area (Å²) in [5, 5.41) is 7.25. The maximum Gasteiger partial charge on any atom is 0.200 e. The first-order valence-corrected chi connectivity index (χ1v) is 6.99. The summed E-state index contributed by atoms with van der Waals surface area (Å²) in [5.74, 6) is 1.62. The lowest BCUT2D eigenvalue weighted by Crippen LogP contribution is -1.99. The van der Waals surface area contributed by atoms with E-state index in [0.29, 0.717) is 4.77 Å². The molecule has 3 rings (SSSR count). The van der Waals surface area contributed by atoms with Crippen LogP contribution in [-0.4, -0.2) is 21.9 Å². The second kappa shape index (κ2) is 5.54. The molecule has 3 aromatic rings. The normalized spacial score (nSPS) is 10.6. The summed E-state index contributed by atoms with van der Waals surface area (Å²) in [6, 6.07) is 15.9. The molecule has 4 nitrogen and oxygen atoms in total. The summed E-state index contributed by atoms with van der Waals surface area (Å²) < 4.78 is 7.69. The predicted octanol–water partition coefficient (Wildman–Crippen LogP) is 3.91. The molecule has 0 amide bonds. The van der Waals surface area contributed by atoms with Gasteiger partial charge in [0, 0.05) is 5.56 Å². The van der Waals surface area contributed by atoms with E-state index in [1.54, 1.807) is 7.11 Å². The molecule has 21 heavy (non-hydrogen) atoms. The van der Waals surface area contributed by atoms with Crippen molar-refractivity contribution in [2.45, 2.75) is 6.92 Å². The summed E-state index contributed by atoms with van der Waals surface area (Å²) >= 11 is 5.37. The van der Waals surface area contributed by atoms with Crippen LogP contribution in [0.1, 0.15) is 5.56 Å². The topological polar surface area (TPSA) is 42.8 Å². The van der Waals surface area contributed by atoms with Crippen molar-refractivity contribution in [3.05, 3.63) is 58.9 Å². The number of aromatic nitrogens is 3. The van der Waals surface area contributed by atoms with Gasteiger partial charge in [0.1, 0.15) is 5.75 Å². The Bertz CT molecular complexity index is 818. The van der Waals surface area contributed by atoms with Crippen molar-refractivity contribution >= 4 is 12.2 Å². The second-order valence-corrected chi connectivity index (χ2v) is 5.09. The Labute approximate surface area is 128 Å². The molecule has 5 heteroatoms. The average molecular weight is 297 g/mol. The zero-order valence-corrected chi connectivity index (χ0v) is 12.6. The monoisotopic (exact) mass is 297 g/mol. The Hall–Kier alpha value is -2.40. The summed E-state index contributed by atoms with van der Waals surface area (Å²) in [6.07, 6.45) is 0. The summed E-state index contributed by atoms with van der Waals surface area (Å²) in [5.41, 5.74) is 3.16. The lowest BCUT2D eigenvalue weighted by atomic mass is 10.1. The minimum Gasteiger partial charge on any atom is -0.497 e. The van der Waals surface area contributed by atoms with Crippen molar-refractivity contribution < 1.29 is 4.74 Å². The molecule has 1 heterocycles. The largest absolute Gasteiger partial charge is 0.497 e. The highest BCUT2D eigenvalue weighted by molar-refractivity contribution is 7.71. The van der Waals surface area contributed by atoms with E-state index in [9.17, 15) is 0 Å². The van der Waals surface area contributed by atoms with Crippen LogP contribution >= 0.6 is 12.2 Å². The van der Waals surface area contributed by atoms with E-state index in [1.165, 1.54) is 0 Å². The summed E-state index contributed by atoms with van der Waals surface area (Å²) in [4.78, 5) is 0. The van der Waals surface area contributed by atoms with Gasteiger partial charge in [0.05, 0.1) is 12.8 Å². The fourth-order valence-electron chi connectivity index (χ4n) is 2.27. The van der Waals surface area contributed by atoms with E-state index < -0.39 is 0 Å². The van der Waals surface area contributed by atoms with Gasteiger partial charge in [0.25, 0.3) is 0 Å². The fraction of sp³-hybridized carbons (Fsp3) is 0.125. The van der Waals surface area contributed by atoms with Crippen LogP contribution in [0.2, 0.25) is 0 Å². The molecule has 2 aromatic carbocycles. The maximum atomic E-state index is 5.37. The lowest BCUT2D eigenvalue weighted by molar-refractivity contribution is 0.414. The molecule has 0 bridgehead atoms. The molecule has 0 spiro atoms. The van der Waals surface area contributed by atoms with Crippen molar-refractivity contribution in [2.24, 2.45) is 0 Å². The van der Waals surface area contributed by atoms with E-state index in [-0.39, 0.29) is 0 Å². The molecular weight excluding hydrogens is 282 g/mol. The Kier molecular flexibility index (Phi) is 3.58. The van der Waals surface area contributed by atoms with Gasteiger partial charge in [-0.1, -0.05) is 24.3 Å². The van der Waals surface area contributed by atoms with Crippen molar-refractivity contribution in [3.8, 4) is 22.8 Å². The molecule has 0 radical (unpaired) electrons. The average Bonchev–Trinajstić information content (AvgIpc) is 2.89. The van der Waals surface area contributed by atoms with Gasteiger partial charge in [-0.2, -0.15) is 5.10 Å². The van der Waals surface area contributed by atoms with Gasteiger partial charge in [-0.05, 0) is 49.0 Å². The molecule has 0 saturated carbocycles. The van der Waals surface area contributed by atoms with E-state index in [0.717, 1.165) is 28.4 Å². The first-order valence-electron chi connectivity index (χ1n) is 6.58. The highest BCUT2D eigenvalue weighted by Gasteiger charge is 2.12. The molecule has 0 saturated heterocycles. The minimum absolute atomic E-state index is 0.568. The number of nitrogens with one attached hydrogen (secondary N) is 1. The Morgan fingerprint density at radius 1 is 1.10 bits per heavy atom. The number of methoxy groups -OCH3 is 1. The number of aryl methyl sites for hydroxylation is 1. The van der Waals surface area contributed by atoms with Gasteiger partial charge >= 0.3 is 0 Å². The van der Waals surface area contributed by atoms with Crippen molar-refractivity contribution in [3.63, 3.8) is 0 Å². The zero-order valence-electron chi connectivity index (χ0n) is 11.8. The van der Waals surface area contributed by atoms with E-state index in [1.807, 2.05) is 47.0 Å². The van der Waals surface area contributed by atoms with Crippen molar-refractivity contribution in [2.75, 3.05) is 7.11 Å². The van der Waals surface area contributed by atoms with Crippen LogP contribution < -0.4 is 4.74 Å². The van der Waals surface area contributed by atoms with Crippen molar-refractivity contribution in [1.82, 2.24) is 14.8 Å². The van der Waals surface area contributed by atoms with Crippen LogP contribution in [0.4, 0.5) is 0 Å². The first-order chi connectivity index (χ1) is 10.2. The van der Waals surface area contributed by atoms with Gasteiger partial charge in [-0.3, -0.25) is 9.67 Å². The van der Waals surface area contributed by atoms with Crippen LogP contribution in [0.3, 0.4) is 0 Å². The number of nitrogens with zero attached hydrogens (tertiary/aromatic N) is 2. The molecule has 1 N–H and O–H groups in total. The molecule has 0 aliphatic heterocycles. The predicted molar refractivity (Wildman–Crippen MR) is 85.5 cm³/mol. The first kappa shape index (κ1) is 13.6. The number of ether oxygens (including phenoxy) is 1. The molecule has 0 fully saturated rings. The smallest absolute Gasteiger partial charge is 0.200 e. The van der Waals surface area contributed by atoms with Gasteiger partial charge in [-0.15, -0.1) is 0 Å². The number of H-pyrrole nitrogens is 1. The lowest BCUT2D eigenvalue weighted by Gasteiger charge is -2.09. The van der Waals surface area contributed by atoms with Crippen LogP contribution in [0.15, 0.2) is 48.5 Å². The second-order valence-electron chi connectivity index (χ2n) is 4.70. The Morgan fingerprint density at radius 2 is 1.81 bits per heavy atom. The van der Waals surface area contributed by atoms with Gasteiger partial charge in [0.15, 0.2) is 10.6 Å². The van der Waals surface area contributed by atoms with Gasteiger partial charge in [0.2, 0.25) is 0 Å². The number of aromatic amines is 1. The zero-order chi connectivity index (χ0) is 14.8. The van der Waals surface area contributed by atoms with Crippen LogP contribution in [0, 0.1) is 11.7 Å². The molecule has 0 unspecified atom stereocenters. The van der Waals surface area contributed by atoms with E-state index >= 15 is 0 Å². The molecule has 0 atom stereocenters. The van der Waals surface area contributed by atoms with Crippen molar-refractivity contribution in [1.29, 1.82) is 0 Å². The van der Waals surface area contributed by atoms with E-state index in [2.05, 4.69) is 23.2 Å². The number of rotatable bonds is 3. The quantitative estimate of drug-likeness (QED) is 0.745. The molecule has 0 aliphatic carbocycles. The third-order valence-corrected chi connectivity index (χ3v) is 3.66. The number of hydrogen-bond acceptors (Lipinski definition) is 3. The Balaban J connectivity index is 2.17. The Morgan fingerprint density at radius 3 is 2.48 bits per heavy atom. The van der Waals surface area contributed by atoms with Gasteiger partial charge < -0.3 is 4.74 Å². The molecular formula is C16H15N3OS. The van der Waals surface area contributed by atoms with Crippen LogP contribution in [0.25, 0.3) is 17.1 Å². The van der Waals surface area contributed by atoms with Crippen LogP contribution in [-0.2, 0) is 0 Å². The third-order valence-electron chi connectivity index (χ3n) is 3.39. The summed E-state index contributed by atoms with van der Waals surface area (Å²) in [6.45, 7) is 2.06. The number of benzene rings is 2. The number of hydrogen-bond donors (Lipinski definition) is 1. The molecule has 1 aromatic heterocycles. The summed E-state index contributed by atoms with van der Waals surface area (Å²) in [7, 11) is 1.65. The fourth-order valence-corrected chi connectivity index (χ4v) is 2.51. The SMILES string of the molecule is COc1ccc(-n2c(-c3ccccc3C)n[nH]c2=S)cc1. The highest BCUT2D eigenvalue weighted by atomic mass is 32.1. The van der Waals surface area contributed by atoms with E-state index in [4.69, 9.17) is 17.0 Å². The minimum atomic E-state index is 0.568. The molecule has 106 valence electrons. The third kappa shape index (κ3) is 2.48. The highest BCUT2D eigenvalue weighted by Crippen LogP contribution is 2.25. The van der Waals surface area contributed by atoms with Gasteiger partial charge in [-0.25, -0.2) is 0 Å².